The first-order chi connectivity index (χ1) is 9.77. The predicted octanol–water partition coefficient (Wildman–Crippen LogP) is 4.75. The molecule has 0 saturated carbocycles. The second-order valence-electron chi connectivity index (χ2n) is 6.28. The highest BCUT2D eigenvalue weighted by Gasteiger charge is 2.14. The van der Waals surface area contributed by atoms with Gasteiger partial charge in [-0.3, -0.25) is 4.79 Å². The van der Waals surface area contributed by atoms with Crippen molar-refractivity contribution in [1.82, 2.24) is 0 Å². The van der Waals surface area contributed by atoms with Crippen molar-refractivity contribution in [2.75, 3.05) is 5.73 Å². The minimum Gasteiger partial charge on any atom is -0.398 e. The number of nitrogens with two attached hydrogens (primary N) is 1. The average Bonchev–Trinajstić information content (AvgIpc) is 2.38. The van der Waals surface area contributed by atoms with E-state index < -0.39 is 0 Å². The first kappa shape index (κ1) is 15.8. The molecule has 3 heteroatoms. The molecule has 2 N–H and O–H groups in total. The van der Waals surface area contributed by atoms with Crippen LogP contribution in [0.3, 0.4) is 0 Å². The summed E-state index contributed by atoms with van der Waals surface area (Å²) in [4.78, 5) is 12.3. The van der Waals surface area contributed by atoms with E-state index in [9.17, 15) is 4.79 Å². The lowest BCUT2D eigenvalue weighted by molar-refractivity contribution is 0.0994. The number of hydrogen-bond donors (Lipinski definition) is 1. The van der Waals surface area contributed by atoms with Gasteiger partial charge in [0, 0.05) is 22.1 Å². The predicted molar refractivity (Wildman–Crippen MR) is 91.7 cm³/mol. The van der Waals surface area contributed by atoms with Crippen molar-refractivity contribution >= 4 is 27.4 Å². The van der Waals surface area contributed by atoms with E-state index in [0.29, 0.717) is 17.7 Å². The van der Waals surface area contributed by atoms with Gasteiger partial charge in [0.25, 0.3) is 0 Å². The zero-order valence-corrected chi connectivity index (χ0v) is 14.2. The third-order valence-electron chi connectivity index (χ3n) is 3.50. The number of halogens is 1. The fraction of sp³-hybridized carbons (Fsp3) is 0.278. The molecule has 0 radical (unpaired) electrons. The van der Waals surface area contributed by atoms with Gasteiger partial charge in [0.05, 0.1) is 0 Å². The topological polar surface area (TPSA) is 43.1 Å². The standard InChI is InChI=1S/C18H20BrNO/c1-18(2,3)13-6-4-12(5-7-13)10-17(21)15-9-8-14(19)11-16(15)20/h4-9,11H,10,20H2,1-3H3. The highest BCUT2D eigenvalue weighted by Crippen LogP contribution is 2.23. The largest absolute Gasteiger partial charge is 0.398 e. The summed E-state index contributed by atoms with van der Waals surface area (Å²) in [6.45, 7) is 6.53. The molecule has 0 aliphatic carbocycles. The SMILES string of the molecule is CC(C)(C)c1ccc(CC(=O)c2ccc(Br)cc2N)cc1. The third-order valence-corrected chi connectivity index (χ3v) is 3.99. The molecule has 2 aromatic carbocycles. The summed E-state index contributed by atoms with van der Waals surface area (Å²) < 4.78 is 0.881. The molecule has 0 bridgehead atoms. The molecule has 0 aromatic heterocycles. The molecule has 21 heavy (non-hydrogen) atoms. The normalized spacial score (nSPS) is 11.4. The van der Waals surface area contributed by atoms with Gasteiger partial charge in [0.15, 0.2) is 5.78 Å². The van der Waals surface area contributed by atoms with Gasteiger partial charge in [0.2, 0.25) is 0 Å². The Labute approximate surface area is 134 Å². The van der Waals surface area contributed by atoms with E-state index in [1.54, 1.807) is 12.1 Å². The quantitative estimate of drug-likeness (QED) is 0.644. The van der Waals surface area contributed by atoms with Crippen LogP contribution in [0.25, 0.3) is 0 Å². The molecule has 0 unspecified atom stereocenters. The highest BCUT2D eigenvalue weighted by molar-refractivity contribution is 9.10. The summed E-state index contributed by atoms with van der Waals surface area (Å²) >= 11 is 3.35. The van der Waals surface area contributed by atoms with Crippen LogP contribution < -0.4 is 5.73 Å². The first-order valence-corrected chi connectivity index (χ1v) is 7.74. The van der Waals surface area contributed by atoms with E-state index in [1.807, 2.05) is 18.2 Å². The summed E-state index contributed by atoms with van der Waals surface area (Å²) in [5, 5.41) is 0. The summed E-state index contributed by atoms with van der Waals surface area (Å²) in [7, 11) is 0. The zero-order chi connectivity index (χ0) is 15.6. The highest BCUT2D eigenvalue weighted by atomic mass is 79.9. The number of hydrogen-bond acceptors (Lipinski definition) is 2. The van der Waals surface area contributed by atoms with Gasteiger partial charge < -0.3 is 5.73 Å². The van der Waals surface area contributed by atoms with Gasteiger partial charge >= 0.3 is 0 Å². The van der Waals surface area contributed by atoms with Crippen molar-refractivity contribution in [1.29, 1.82) is 0 Å². The Bertz CT molecular complexity index is 654. The lowest BCUT2D eigenvalue weighted by atomic mass is 9.86. The second-order valence-corrected chi connectivity index (χ2v) is 7.19. The van der Waals surface area contributed by atoms with Crippen molar-refractivity contribution in [3.05, 3.63) is 63.6 Å². The monoisotopic (exact) mass is 345 g/mol. The van der Waals surface area contributed by atoms with Crippen LogP contribution in [0.4, 0.5) is 5.69 Å². The Morgan fingerprint density at radius 3 is 2.24 bits per heavy atom. The van der Waals surface area contributed by atoms with Crippen LogP contribution >= 0.6 is 15.9 Å². The van der Waals surface area contributed by atoms with Crippen LogP contribution in [-0.2, 0) is 11.8 Å². The van der Waals surface area contributed by atoms with Crippen LogP contribution in [0.5, 0.6) is 0 Å². The zero-order valence-electron chi connectivity index (χ0n) is 12.6. The van der Waals surface area contributed by atoms with Gasteiger partial charge in [0.1, 0.15) is 0 Å². The molecular weight excluding hydrogens is 326 g/mol. The molecule has 0 aliphatic rings. The van der Waals surface area contributed by atoms with Crippen molar-refractivity contribution in [3.63, 3.8) is 0 Å². The van der Waals surface area contributed by atoms with Crippen molar-refractivity contribution < 1.29 is 4.79 Å². The summed E-state index contributed by atoms with van der Waals surface area (Å²) in [5.74, 6) is 0.0449. The minimum absolute atomic E-state index is 0.0449. The van der Waals surface area contributed by atoms with E-state index >= 15 is 0 Å². The molecule has 110 valence electrons. The van der Waals surface area contributed by atoms with Crippen LogP contribution in [0.1, 0.15) is 42.3 Å². The smallest absolute Gasteiger partial charge is 0.169 e. The molecule has 2 aromatic rings. The second kappa shape index (κ2) is 6.02. The molecule has 2 rings (SSSR count). The van der Waals surface area contributed by atoms with Crippen molar-refractivity contribution in [3.8, 4) is 0 Å². The maximum Gasteiger partial charge on any atom is 0.169 e. The van der Waals surface area contributed by atoms with Gasteiger partial charge in [-0.2, -0.15) is 0 Å². The Morgan fingerprint density at radius 1 is 1.10 bits per heavy atom. The fourth-order valence-corrected chi connectivity index (χ4v) is 2.57. The summed E-state index contributed by atoms with van der Waals surface area (Å²) in [5.41, 5.74) is 9.40. The summed E-state index contributed by atoms with van der Waals surface area (Å²) in [6.07, 6.45) is 0.371. The van der Waals surface area contributed by atoms with Gasteiger partial charge in [-0.05, 0) is 34.7 Å². The van der Waals surface area contributed by atoms with Gasteiger partial charge in [-0.15, -0.1) is 0 Å². The third kappa shape index (κ3) is 3.94. The van der Waals surface area contributed by atoms with Crippen LogP contribution in [0.15, 0.2) is 46.9 Å². The van der Waals surface area contributed by atoms with Crippen molar-refractivity contribution in [2.45, 2.75) is 32.6 Å². The van der Waals surface area contributed by atoms with Crippen LogP contribution in [0.2, 0.25) is 0 Å². The Kier molecular flexibility index (Phi) is 4.52. The molecule has 2 nitrogen and oxygen atoms in total. The van der Waals surface area contributed by atoms with Gasteiger partial charge in [-0.25, -0.2) is 0 Å². The van der Waals surface area contributed by atoms with E-state index in [-0.39, 0.29) is 11.2 Å². The Balaban J connectivity index is 2.16. The number of Topliss-reactive ketones (excluding diaryl/α,β-unsaturated/α-hetero) is 1. The van der Waals surface area contributed by atoms with E-state index in [2.05, 4.69) is 48.8 Å². The number of carbonyl (C=O) groups excluding carboxylic acids is 1. The number of anilines is 1. The molecule has 0 saturated heterocycles. The maximum absolute atomic E-state index is 12.3. The molecule has 0 fully saturated rings. The van der Waals surface area contributed by atoms with Crippen molar-refractivity contribution in [2.24, 2.45) is 0 Å². The molecule has 0 spiro atoms. The molecular formula is C18H20BrNO. The van der Waals surface area contributed by atoms with E-state index in [0.717, 1.165) is 10.0 Å². The molecule has 0 aliphatic heterocycles. The average molecular weight is 346 g/mol. The van der Waals surface area contributed by atoms with E-state index in [1.165, 1.54) is 5.56 Å². The number of ketones is 1. The molecule has 0 amide bonds. The fourth-order valence-electron chi connectivity index (χ4n) is 2.19. The lowest BCUT2D eigenvalue weighted by Gasteiger charge is -2.19. The summed E-state index contributed by atoms with van der Waals surface area (Å²) in [6, 6.07) is 13.6. The Hall–Kier alpha value is -1.61. The number of nitrogen functional groups attached to an aromatic ring is 1. The lowest BCUT2D eigenvalue weighted by Crippen LogP contribution is -2.11. The van der Waals surface area contributed by atoms with E-state index in [4.69, 9.17) is 5.73 Å². The number of carbonyl (C=O) groups is 1. The number of benzene rings is 2. The Morgan fingerprint density at radius 2 is 1.71 bits per heavy atom. The molecule has 0 atom stereocenters. The van der Waals surface area contributed by atoms with Crippen LogP contribution in [-0.4, -0.2) is 5.78 Å². The first-order valence-electron chi connectivity index (χ1n) is 6.95. The minimum atomic E-state index is 0.0449. The number of rotatable bonds is 3. The maximum atomic E-state index is 12.3. The molecule has 0 heterocycles. The van der Waals surface area contributed by atoms with Crippen LogP contribution in [0, 0.1) is 0 Å². The van der Waals surface area contributed by atoms with Gasteiger partial charge in [-0.1, -0.05) is 61.0 Å².